The molecule has 0 spiro atoms. The number of nitrogens with one attached hydrogen (secondary N) is 1. The summed E-state index contributed by atoms with van der Waals surface area (Å²) in [6, 6.07) is 17.8. The van der Waals surface area contributed by atoms with Gasteiger partial charge >= 0.3 is 0 Å². The number of carbonyl (C=O) groups is 1. The average Bonchev–Trinajstić information content (AvgIpc) is 2.69. The van der Waals surface area contributed by atoms with Crippen LogP contribution in [0.4, 0.5) is 5.69 Å². The standard InChI is InChI=1S/C22H22N2O/c25-22(24-20-13-12-18-7-4-14-23-21(18)15-20)19-10-8-17(9-11-19)16-5-2-1-3-6-16/h4,7-16H,1-3,5-6H2,(H,24,25). The minimum absolute atomic E-state index is 0.0783. The van der Waals surface area contributed by atoms with Crippen molar-refractivity contribution in [2.24, 2.45) is 0 Å². The van der Waals surface area contributed by atoms with Crippen LogP contribution in [-0.2, 0) is 0 Å². The van der Waals surface area contributed by atoms with Gasteiger partial charge in [-0.3, -0.25) is 9.78 Å². The lowest BCUT2D eigenvalue weighted by atomic mass is 9.84. The molecule has 0 atom stereocenters. The lowest BCUT2D eigenvalue weighted by molar-refractivity contribution is 0.102. The van der Waals surface area contributed by atoms with Crippen molar-refractivity contribution in [3.63, 3.8) is 0 Å². The van der Waals surface area contributed by atoms with Crippen molar-refractivity contribution >= 4 is 22.5 Å². The summed E-state index contributed by atoms with van der Waals surface area (Å²) in [6.45, 7) is 0. The summed E-state index contributed by atoms with van der Waals surface area (Å²) < 4.78 is 0. The predicted octanol–water partition coefficient (Wildman–Crippen LogP) is 5.53. The number of anilines is 1. The first-order chi connectivity index (χ1) is 12.3. The number of nitrogens with zero attached hydrogens (tertiary/aromatic N) is 1. The highest BCUT2D eigenvalue weighted by Crippen LogP contribution is 2.32. The monoisotopic (exact) mass is 330 g/mol. The molecule has 1 saturated carbocycles. The highest BCUT2D eigenvalue weighted by molar-refractivity contribution is 6.05. The van der Waals surface area contributed by atoms with Gasteiger partial charge in [-0.15, -0.1) is 0 Å². The van der Waals surface area contributed by atoms with Gasteiger partial charge in [0, 0.05) is 22.8 Å². The van der Waals surface area contributed by atoms with E-state index >= 15 is 0 Å². The third kappa shape index (κ3) is 3.55. The summed E-state index contributed by atoms with van der Waals surface area (Å²) in [6.07, 6.45) is 8.31. The molecule has 3 nitrogen and oxygen atoms in total. The molecule has 1 amide bonds. The van der Waals surface area contributed by atoms with E-state index in [0.29, 0.717) is 11.5 Å². The van der Waals surface area contributed by atoms with Crippen LogP contribution in [0, 0.1) is 0 Å². The van der Waals surface area contributed by atoms with E-state index in [2.05, 4.69) is 22.4 Å². The average molecular weight is 330 g/mol. The van der Waals surface area contributed by atoms with Crippen molar-refractivity contribution < 1.29 is 4.79 Å². The molecule has 3 heteroatoms. The molecule has 3 aromatic rings. The molecule has 25 heavy (non-hydrogen) atoms. The number of carbonyl (C=O) groups excluding carboxylic acids is 1. The van der Waals surface area contributed by atoms with Gasteiger partial charge in [-0.2, -0.15) is 0 Å². The molecule has 2 aromatic carbocycles. The zero-order chi connectivity index (χ0) is 17.1. The molecule has 1 aromatic heterocycles. The second-order valence-corrected chi connectivity index (χ2v) is 6.82. The number of pyridine rings is 1. The van der Waals surface area contributed by atoms with E-state index in [0.717, 1.165) is 16.6 Å². The predicted molar refractivity (Wildman–Crippen MR) is 102 cm³/mol. The van der Waals surface area contributed by atoms with Gasteiger partial charge in [-0.25, -0.2) is 0 Å². The molecule has 0 saturated heterocycles. The molecule has 1 fully saturated rings. The largest absolute Gasteiger partial charge is 0.322 e. The molecule has 0 radical (unpaired) electrons. The second-order valence-electron chi connectivity index (χ2n) is 6.82. The molecular weight excluding hydrogens is 308 g/mol. The van der Waals surface area contributed by atoms with Crippen molar-refractivity contribution in [2.45, 2.75) is 38.0 Å². The number of hydrogen-bond donors (Lipinski definition) is 1. The number of benzene rings is 2. The van der Waals surface area contributed by atoms with E-state index in [1.165, 1.54) is 37.7 Å². The SMILES string of the molecule is O=C(Nc1ccc2cccnc2c1)c1ccc(C2CCCCC2)cc1. The van der Waals surface area contributed by atoms with Crippen LogP contribution in [-0.4, -0.2) is 10.9 Å². The molecule has 1 heterocycles. The quantitative estimate of drug-likeness (QED) is 0.685. The molecule has 126 valence electrons. The Hall–Kier alpha value is -2.68. The summed E-state index contributed by atoms with van der Waals surface area (Å²) >= 11 is 0. The van der Waals surface area contributed by atoms with Gasteiger partial charge < -0.3 is 5.32 Å². The Kier molecular flexibility index (Phi) is 4.47. The number of amides is 1. The summed E-state index contributed by atoms with van der Waals surface area (Å²) in [7, 11) is 0. The molecule has 4 rings (SSSR count). The Bertz CT molecular complexity index is 880. The van der Waals surface area contributed by atoms with Crippen LogP contribution < -0.4 is 5.32 Å². The summed E-state index contributed by atoms with van der Waals surface area (Å²) in [4.78, 5) is 16.8. The van der Waals surface area contributed by atoms with Crippen LogP contribution >= 0.6 is 0 Å². The van der Waals surface area contributed by atoms with Gasteiger partial charge in [0.25, 0.3) is 5.91 Å². The first-order valence-corrected chi connectivity index (χ1v) is 9.06. The third-order valence-electron chi connectivity index (χ3n) is 5.11. The first-order valence-electron chi connectivity index (χ1n) is 9.06. The van der Waals surface area contributed by atoms with Crippen LogP contribution in [0.3, 0.4) is 0 Å². The van der Waals surface area contributed by atoms with E-state index < -0.39 is 0 Å². The minimum atomic E-state index is -0.0783. The van der Waals surface area contributed by atoms with Gasteiger partial charge in [0.2, 0.25) is 0 Å². The number of hydrogen-bond acceptors (Lipinski definition) is 2. The molecule has 0 unspecified atom stereocenters. The van der Waals surface area contributed by atoms with E-state index in [1.807, 2.05) is 42.5 Å². The molecule has 0 aliphatic heterocycles. The molecule has 0 bridgehead atoms. The highest BCUT2D eigenvalue weighted by Gasteiger charge is 2.16. The normalized spacial score (nSPS) is 15.2. The molecule has 1 aliphatic carbocycles. The zero-order valence-corrected chi connectivity index (χ0v) is 14.2. The zero-order valence-electron chi connectivity index (χ0n) is 14.2. The summed E-state index contributed by atoms with van der Waals surface area (Å²) in [5, 5.41) is 4.04. The first kappa shape index (κ1) is 15.8. The van der Waals surface area contributed by atoms with Crippen molar-refractivity contribution in [1.82, 2.24) is 4.98 Å². The Morgan fingerprint density at radius 3 is 2.56 bits per heavy atom. The Balaban J connectivity index is 1.48. The summed E-state index contributed by atoms with van der Waals surface area (Å²) in [5.41, 5.74) is 3.72. The van der Waals surface area contributed by atoms with Gasteiger partial charge in [-0.05, 0) is 54.7 Å². The Morgan fingerprint density at radius 2 is 1.76 bits per heavy atom. The van der Waals surface area contributed by atoms with E-state index in [1.54, 1.807) is 6.20 Å². The lowest BCUT2D eigenvalue weighted by Crippen LogP contribution is -2.12. The number of rotatable bonds is 3. The van der Waals surface area contributed by atoms with Gasteiger partial charge in [0.05, 0.1) is 5.52 Å². The smallest absolute Gasteiger partial charge is 0.255 e. The highest BCUT2D eigenvalue weighted by atomic mass is 16.1. The van der Waals surface area contributed by atoms with Gasteiger partial charge in [0.1, 0.15) is 0 Å². The summed E-state index contributed by atoms with van der Waals surface area (Å²) in [5.74, 6) is 0.586. The van der Waals surface area contributed by atoms with E-state index in [-0.39, 0.29) is 5.91 Å². The van der Waals surface area contributed by atoms with Crippen molar-refractivity contribution in [1.29, 1.82) is 0 Å². The molecule has 1 N–H and O–H groups in total. The van der Waals surface area contributed by atoms with Crippen LogP contribution in [0.5, 0.6) is 0 Å². The molecular formula is C22H22N2O. The van der Waals surface area contributed by atoms with Gasteiger partial charge in [-0.1, -0.05) is 43.5 Å². The number of aromatic nitrogens is 1. The lowest BCUT2D eigenvalue weighted by Gasteiger charge is -2.22. The fraction of sp³-hybridized carbons (Fsp3) is 0.273. The Labute approximate surface area is 148 Å². The van der Waals surface area contributed by atoms with Crippen LogP contribution in [0.25, 0.3) is 10.9 Å². The van der Waals surface area contributed by atoms with Crippen molar-refractivity contribution in [3.05, 3.63) is 71.9 Å². The van der Waals surface area contributed by atoms with E-state index in [9.17, 15) is 4.79 Å². The van der Waals surface area contributed by atoms with Crippen molar-refractivity contribution in [2.75, 3.05) is 5.32 Å². The van der Waals surface area contributed by atoms with Crippen LogP contribution in [0.1, 0.15) is 53.9 Å². The maximum absolute atomic E-state index is 12.5. The Morgan fingerprint density at radius 1 is 0.960 bits per heavy atom. The fourth-order valence-electron chi connectivity index (χ4n) is 3.69. The maximum Gasteiger partial charge on any atom is 0.255 e. The minimum Gasteiger partial charge on any atom is -0.322 e. The van der Waals surface area contributed by atoms with Crippen molar-refractivity contribution in [3.8, 4) is 0 Å². The second kappa shape index (κ2) is 7.06. The van der Waals surface area contributed by atoms with Gasteiger partial charge in [0.15, 0.2) is 0 Å². The fourth-order valence-corrected chi connectivity index (χ4v) is 3.69. The van der Waals surface area contributed by atoms with Crippen LogP contribution in [0.15, 0.2) is 60.8 Å². The maximum atomic E-state index is 12.5. The van der Waals surface area contributed by atoms with E-state index in [4.69, 9.17) is 0 Å². The third-order valence-corrected chi connectivity index (χ3v) is 5.11. The topological polar surface area (TPSA) is 42.0 Å². The van der Waals surface area contributed by atoms with Crippen LogP contribution in [0.2, 0.25) is 0 Å². The number of fused-ring (bicyclic) bond motifs is 1. The molecule has 1 aliphatic rings.